The van der Waals surface area contributed by atoms with E-state index in [0.29, 0.717) is 6.04 Å². The van der Waals surface area contributed by atoms with E-state index in [4.69, 9.17) is 5.73 Å². The van der Waals surface area contributed by atoms with Crippen molar-refractivity contribution in [3.05, 3.63) is 34.3 Å². The van der Waals surface area contributed by atoms with Crippen LogP contribution in [-0.4, -0.2) is 6.04 Å². The molecule has 0 spiro atoms. The van der Waals surface area contributed by atoms with Crippen LogP contribution in [0.15, 0.2) is 28.7 Å². The summed E-state index contributed by atoms with van der Waals surface area (Å²) in [6, 6.07) is 8.56. The molecule has 13 heavy (non-hydrogen) atoms. The summed E-state index contributed by atoms with van der Waals surface area (Å²) in [7, 11) is 0. The van der Waals surface area contributed by atoms with Crippen LogP contribution in [0.5, 0.6) is 0 Å². The normalized spacial score (nSPS) is 12.8. The van der Waals surface area contributed by atoms with Crippen molar-refractivity contribution in [2.75, 3.05) is 0 Å². The Bertz CT molecular complexity index is 260. The second-order valence-corrected chi connectivity index (χ2v) is 4.20. The van der Waals surface area contributed by atoms with E-state index >= 15 is 0 Å². The van der Waals surface area contributed by atoms with Crippen LogP contribution < -0.4 is 5.73 Å². The predicted octanol–water partition coefficient (Wildman–Crippen LogP) is 3.12. The van der Waals surface area contributed by atoms with E-state index in [1.807, 2.05) is 6.07 Å². The van der Waals surface area contributed by atoms with Crippen LogP contribution in [0.25, 0.3) is 0 Å². The summed E-state index contributed by atoms with van der Waals surface area (Å²) in [6.45, 7) is 2.17. The zero-order chi connectivity index (χ0) is 9.68. The van der Waals surface area contributed by atoms with Crippen molar-refractivity contribution in [2.45, 2.75) is 32.2 Å². The molecule has 0 radical (unpaired) electrons. The van der Waals surface area contributed by atoms with E-state index in [1.165, 1.54) is 10.0 Å². The molecule has 1 rings (SSSR count). The Morgan fingerprint density at radius 3 is 2.69 bits per heavy atom. The molecule has 0 saturated carbocycles. The predicted molar refractivity (Wildman–Crippen MR) is 60.7 cm³/mol. The lowest BCUT2D eigenvalue weighted by Crippen LogP contribution is -2.22. The number of benzene rings is 1. The van der Waals surface area contributed by atoms with E-state index in [-0.39, 0.29) is 0 Å². The standard InChI is InChI=1S/C11H16BrN/c1-2-5-10(13)8-9-6-3-4-7-11(9)12/h3-4,6-7,10H,2,5,8,13H2,1H3/t10-/m0/s1. The molecular formula is C11H16BrN. The zero-order valence-electron chi connectivity index (χ0n) is 7.96. The fourth-order valence-electron chi connectivity index (χ4n) is 1.42. The molecule has 0 saturated heterocycles. The first-order chi connectivity index (χ1) is 6.24. The number of hydrogen-bond donors (Lipinski definition) is 1. The highest BCUT2D eigenvalue weighted by molar-refractivity contribution is 9.10. The average Bonchev–Trinajstić information content (AvgIpc) is 2.09. The lowest BCUT2D eigenvalue weighted by Gasteiger charge is -2.11. The maximum atomic E-state index is 5.96. The highest BCUT2D eigenvalue weighted by Crippen LogP contribution is 2.17. The Labute approximate surface area is 88.5 Å². The maximum absolute atomic E-state index is 5.96. The van der Waals surface area contributed by atoms with E-state index in [0.717, 1.165) is 19.3 Å². The van der Waals surface area contributed by atoms with Crippen molar-refractivity contribution >= 4 is 15.9 Å². The summed E-state index contributed by atoms with van der Waals surface area (Å²) in [5.41, 5.74) is 7.27. The maximum Gasteiger partial charge on any atom is 0.0207 e. The number of halogens is 1. The van der Waals surface area contributed by atoms with Crippen LogP contribution in [0.2, 0.25) is 0 Å². The molecule has 1 aromatic rings. The monoisotopic (exact) mass is 241 g/mol. The third-order valence-corrected chi connectivity index (χ3v) is 2.87. The van der Waals surface area contributed by atoms with Gasteiger partial charge in [-0.2, -0.15) is 0 Å². The topological polar surface area (TPSA) is 26.0 Å². The molecule has 0 aromatic heterocycles. The molecule has 0 bridgehead atoms. The second-order valence-electron chi connectivity index (χ2n) is 3.34. The average molecular weight is 242 g/mol. The van der Waals surface area contributed by atoms with Gasteiger partial charge < -0.3 is 5.73 Å². The van der Waals surface area contributed by atoms with Gasteiger partial charge in [0.1, 0.15) is 0 Å². The van der Waals surface area contributed by atoms with Gasteiger partial charge in [-0.05, 0) is 24.5 Å². The molecule has 0 aliphatic rings. The first-order valence-corrected chi connectivity index (χ1v) is 5.52. The lowest BCUT2D eigenvalue weighted by molar-refractivity contribution is 0.599. The molecule has 1 nitrogen and oxygen atoms in total. The Balaban J connectivity index is 2.58. The second kappa shape index (κ2) is 5.40. The fraction of sp³-hybridized carbons (Fsp3) is 0.455. The Hall–Kier alpha value is -0.340. The van der Waals surface area contributed by atoms with Gasteiger partial charge in [0.15, 0.2) is 0 Å². The van der Waals surface area contributed by atoms with Gasteiger partial charge in [0.2, 0.25) is 0 Å². The van der Waals surface area contributed by atoms with Gasteiger partial charge in [-0.1, -0.05) is 47.5 Å². The van der Waals surface area contributed by atoms with E-state index in [9.17, 15) is 0 Å². The molecule has 0 aliphatic carbocycles. The third-order valence-electron chi connectivity index (χ3n) is 2.10. The van der Waals surface area contributed by atoms with Crippen molar-refractivity contribution in [3.8, 4) is 0 Å². The summed E-state index contributed by atoms with van der Waals surface area (Å²) in [4.78, 5) is 0. The van der Waals surface area contributed by atoms with Gasteiger partial charge >= 0.3 is 0 Å². The number of nitrogens with two attached hydrogens (primary N) is 1. The minimum atomic E-state index is 0.295. The molecule has 0 amide bonds. The van der Waals surface area contributed by atoms with E-state index < -0.39 is 0 Å². The quantitative estimate of drug-likeness (QED) is 0.862. The molecule has 0 heterocycles. The molecule has 2 heteroatoms. The van der Waals surface area contributed by atoms with E-state index in [1.54, 1.807) is 0 Å². The van der Waals surface area contributed by atoms with Crippen molar-refractivity contribution in [1.29, 1.82) is 0 Å². The fourth-order valence-corrected chi connectivity index (χ4v) is 1.87. The van der Waals surface area contributed by atoms with Crippen molar-refractivity contribution < 1.29 is 0 Å². The number of hydrogen-bond acceptors (Lipinski definition) is 1. The molecule has 0 aliphatic heterocycles. The molecule has 0 fully saturated rings. The van der Waals surface area contributed by atoms with Crippen molar-refractivity contribution in [3.63, 3.8) is 0 Å². The van der Waals surface area contributed by atoms with Gasteiger partial charge in [0.05, 0.1) is 0 Å². The van der Waals surface area contributed by atoms with Gasteiger partial charge in [0.25, 0.3) is 0 Å². The third kappa shape index (κ3) is 3.49. The minimum absolute atomic E-state index is 0.295. The van der Waals surface area contributed by atoms with Gasteiger partial charge in [-0.3, -0.25) is 0 Å². The Kier molecular flexibility index (Phi) is 4.46. The first-order valence-electron chi connectivity index (χ1n) is 4.73. The van der Waals surface area contributed by atoms with Gasteiger partial charge in [-0.15, -0.1) is 0 Å². The Morgan fingerprint density at radius 1 is 1.38 bits per heavy atom. The molecule has 2 N–H and O–H groups in total. The summed E-state index contributed by atoms with van der Waals surface area (Å²) >= 11 is 3.52. The molecule has 1 atom stereocenters. The molecule has 0 unspecified atom stereocenters. The van der Waals surface area contributed by atoms with Gasteiger partial charge in [0, 0.05) is 10.5 Å². The Morgan fingerprint density at radius 2 is 2.08 bits per heavy atom. The minimum Gasteiger partial charge on any atom is -0.327 e. The van der Waals surface area contributed by atoms with Crippen LogP contribution >= 0.6 is 15.9 Å². The van der Waals surface area contributed by atoms with Gasteiger partial charge in [-0.25, -0.2) is 0 Å². The highest BCUT2D eigenvalue weighted by atomic mass is 79.9. The summed E-state index contributed by atoms with van der Waals surface area (Å²) in [5.74, 6) is 0. The highest BCUT2D eigenvalue weighted by Gasteiger charge is 2.04. The van der Waals surface area contributed by atoms with Crippen LogP contribution in [-0.2, 0) is 6.42 Å². The van der Waals surface area contributed by atoms with Crippen molar-refractivity contribution in [2.24, 2.45) is 5.73 Å². The van der Waals surface area contributed by atoms with Crippen molar-refractivity contribution in [1.82, 2.24) is 0 Å². The van der Waals surface area contributed by atoms with E-state index in [2.05, 4.69) is 41.1 Å². The van der Waals surface area contributed by atoms with Crippen LogP contribution in [0.1, 0.15) is 25.3 Å². The summed E-state index contributed by atoms with van der Waals surface area (Å²) in [5, 5.41) is 0. The van der Waals surface area contributed by atoms with Crippen LogP contribution in [0.4, 0.5) is 0 Å². The summed E-state index contributed by atoms with van der Waals surface area (Å²) < 4.78 is 1.17. The summed E-state index contributed by atoms with van der Waals surface area (Å²) in [6.07, 6.45) is 3.22. The van der Waals surface area contributed by atoms with Crippen LogP contribution in [0.3, 0.4) is 0 Å². The number of rotatable bonds is 4. The zero-order valence-corrected chi connectivity index (χ0v) is 9.55. The van der Waals surface area contributed by atoms with Crippen LogP contribution in [0, 0.1) is 0 Å². The smallest absolute Gasteiger partial charge is 0.0207 e. The lowest BCUT2D eigenvalue weighted by atomic mass is 10.0. The molecule has 72 valence electrons. The molecule has 1 aromatic carbocycles. The SMILES string of the molecule is CCC[C@H](N)Cc1ccccc1Br. The molecular weight excluding hydrogens is 226 g/mol. The first kappa shape index (κ1) is 10.7. The largest absolute Gasteiger partial charge is 0.327 e.